The second-order valence-corrected chi connectivity index (χ2v) is 6.15. The normalized spacial score (nSPS) is 27.7. The first-order valence-corrected chi connectivity index (χ1v) is 6.87. The Balaban J connectivity index is 2.20. The number of carbonyl (C=O) groups excluding carboxylic acids is 1. The average Bonchev–Trinajstić information content (AvgIpc) is 2.74. The van der Waals surface area contributed by atoms with Crippen LogP contribution in [0, 0.1) is 5.41 Å². The number of hydrogen-bond donors (Lipinski definition) is 4. The first-order valence-electron chi connectivity index (χ1n) is 6.87. The van der Waals surface area contributed by atoms with Gasteiger partial charge in [0.25, 0.3) is 0 Å². The first-order chi connectivity index (χ1) is 10.6. The summed E-state index contributed by atoms with van der Waals surface area (Å²) in [7, 11) is 0. The maximum absolute atomic E-state index is 11.9. The second kappa shape index (κ2) is 6.24. The van der Waals surface area contributed by atoms with E-state index in [0.717, 1.165) is 4.57 Å². The van der Waals surface area contributed by atoms with Crippen molar-refractivity contribution in [1.82, 2.24) is 9.55 Å². The van der Waals surface area contributed by atoms with Gasteiger partial charge in [0.05, 0.1) is 5.41 Å². The van der Waals surface area contributed by atoms with E-state index in [1.807, 2.05) is 0 Å². The summed E-state index contributed by atoms with van der Waals surface area (Å²) < 4.78 is 11.2. The molecule has 0 saturated carbocycles. The van der Waals surface area contributed by atoms with Crippen molar-refractivity contribution in [2.24, 2.45) is 5.41 Å². The highest BCUT2D eigenvalue weighted by molar-refractivity contribution is 5.75. The lowest BCUT2D eigenvalue weighted by Crippen LogP contribution is -2.37. The number of carbonyl (C=O) groups is 1. The average molecular weight is 329 g/mol. The molecule has 4 unspecified atom stereocenters. The fourth-order valence-electron chi connectivity index (χ4n) is 1.91. The van der Waals surface area contributed by atoms with E-state index in [1.54, 1.807) is 26.3 Å². The van der Waals surface area contributed by atoms with Crippen LogP contribution in [-0.4, -0.2) is 49.4 Å². The summed E-state index contributed by atoms with van der Waals surface area (Å²) in [6.45, 7) is 4.87. The summed E-state index contributed by atoms with van der Waals surface area (Å²) in [5.74, 6) is -0.713. The van der Waals surface area contributed by atoms with Crippen LogP contribution >= 0.6 is 0 Å². The van der Waals surface area contributed by atoms with Gasteiger partial charge in [-0.3, -0.25) is 20.0 Å². The zero-order chi connectivity index (χ0) is 17.4. The number of ether oxygens (including phenoxy) is 2. The number of nitrogens with one attached hydrogen (secondary N) is 1. The van der Waals surface area contributed by atoms with Gasteiger partial charge in [-0.15, -0.1) is 0 Å². The zero-order valence-corrected chi connectivity index (χ0v) is 12.8. The van der Waals surface area contributed by atoms with Crippen molar-refractivity contribution in [1.29, 1.82) is 0 Å². The number of aromatic nitrogens is 2. The van der Waals surface area contributed by atoms with Crippen LogP contribution in [0.1, 0.15) is 27.0 Å². The Morgan fingerprint density at radius 3 is 2.57 bits per heavy atom. The summed E-state index contributed by atoms with van der Waals surface area (Å²) >= 11 is 0. The summed E-state index contributed by atoms with van der Waals surface area (Å²) in [6.07, 6.45) is -4.50. The van der Waals surface area contributed by atoms with Crippen LogP contribution in [-0.2, 0) is 14.3 Å². The topological polar surface area (TPSA) is 143 Å². The number of hydrogen-bond acceptors (Lipinski definition) is 9. The lowest BCUT2D eigenvalue weighted by Gasteiger charge is -2.21. The molecular formula is C13H19N3O7. The molecule has 0 radical (unpaired) electrons. The highest BCUT2D eigenvalue weighted by Crippen LogP contribution is 2.30. The largest absolute Gasteiger partial charge is 0.432 e. The predicted molar refractivity (Wildman–Crippen MR) is 75.4 cm³/mol. The van der Waals surface area contributed by atoms with Crippen LogP contribution < -0.4 is 11.2 Å². The molecule has 1 aliphatic heterocycles. The van der Waals surface area contributed by atoms with Gasteiger partial charge < -0.3 is 19.7 Å². The molecule has 4 N–H and O–H groups in total. The summed E-state index contributed by atoms with van der Waals surface area (Å²) in [5, 5.41) is 28.7. The van der Waals surface area contributed by atoms with Gasteiger partial charge in [0.1, 0.15) is 12.2 Å². The van der Waals surface area contributed by atoms with Crippen LogP contribution in [0.3, 0.4) is 0 Å². The maximum atomic E-state index is 11.9. The Bertz CT molecular complexity index is 639. The van der Waals surface area contributed by atoms with E-state index in [-0.39, 0.29) is 5.82 Å². The lowest BCUT2D eigenvalue weighted by molar-refractivity contribution is -0.201. The third-order valence-corrected chi connectivity index (χ3v) is 3.25. The van der Waals surface area contributed by atoms with Crippen molar-refractivity contribution in [3.63, 3.8) is 0 Å². The quantitative estimate of drug-likeness (QED) is 0.414. The number of aliphatic hydroxyl groups is 2. The van der Waals surface area contributed by atoms with E-state index in [0.29, 0.717) is 0 Å². The number of rotatable bonds is 3. The molecule has 0 spiro atoms. The molecule has 1 fully saturated rings. The molecule has 23 heavy (non-hydrogen) atoms. The molecule has 0 aromatic carbocycles. The third kappa shape index (κ3) is 3.50. The lowest BCUT2D eigenvalue weighted by atomic mass is 9.97. The summed E-state index contributed by atoms with van der Waals surface area (Å²) in [6, 6.07) is 1.26. The van der Waals surface area contributed by atoms with Crippen LogP contribution in [0.15, 0.2) is 17.1 Å². The van der Waals surface area contributed by atoms with E-state index >= 15 is 0 Å². The Morgan fingerprint density at radius 1 is 1.39 bits per heavy atom. The fourth-order valence-corrected chi connectivity index (χ4v) is 1.91. The van der Waals surface area contributed by atoms with Crippen LogP contribution in [0.5, 0.6) is 0 Å². The monoisotopic (exact) mass is 329 g/mol. The van der Waals surface area contributed by atoms with Gasteiger partial charge >= 0.3 is 11.7 Å². The van der Waals surface area contributed by atoms with Crippen LogP contribution in [0.25, 0.3) is 0 Å². The number of nitrogens with zero attached hydrogens (tertiary/aromatic N) is 2. The van der Waals surface area contributed by atoms with E-state index < -0.39 is 41.8 Å². The molecule has 2 heterocycles. The van der Waals surface area contributed by atoms with Crippen molar-refractivity contribution in [3.8, 4) is 0 Å². The maximum Gasteiger partial charge on any atom is 0.351 e. The van der Waals surface area contributed by atoms with Gasteiger partial charge in [-0.25, -0.2) is 4.79 Å². The Labute approximate surface area is 131 Å². The van der Waals surface area contributed by atoms with Crippen molar-refractivity contribution in [3.05, 3.63) is 22.7 Å². The molecule has 1 aromatic heterocycles. The highest BCUT2D eigenvalue weighted by atomic mass is 16.7. The molecule has 10 heteroatoms. The van der Waals surface area contributed by atoms with Gasteiger partial charge in [0.2, 0.25) is 6.29 Å². The Hall–Kier alpha value is -2.01. The van der Waals surface area contributed by atoms with Crippen LogP contribution in [0.2, 0.25) is 0 Å². The minimum absolute atomic E-state index is 0.0880. The van der Waals surface area contributed by atoms with Gasteiger partial charge in [-0.2, -0.15) is 4.98 Å². The number of aliphatic hydroxyl groups excluding tert-OH is 2. The van der Waals surface area contributed by atoms with E-state index in [4.69, 9.17) is 14.7 Å². The zero-order valence-electron chi connectivity index (χ0n) is 12.8. The fraction of sp³-hybridized carbons (Fsp3) is 0.615. The van der Waals surface area contributed by atoms with E-state index in [9.17, 15) is 19.8 Å². The first kappa shape index (κ1) is 17.3. The molecule has 128 valence electrons. The Morgan fingerprint density at radius 2 is 2.04 bits per heavy atom. The van der Waals surface area contributed by atoms with Crippen molar-refractivity contribution < 1.29 is 29.7 Å². The molecule has 0 bridgehead atoms. The number of esters is 1. The minimum atomic E-state index is -1.52. The molecule has 0 aliphatic carbocycles. The standard InChI is InChI=1S/C13H19N3O7/c1-13(2,3)11(19)23-10-8(18)7(17)9(22-10)16-5-4-6(15-21)14-12(16)20/h4-5,7-10,17-18,21H,1-3H3,(H,14,15,20). The van der Waals surface area contributed by atoms with Crippen molar-refractivity contribution in [2.45, 2.75) is 45.5 Å². The molecule has 1 aliphatic rings. The SMILES string of the molecule is CC(C)(C)C(=O)OC1OC(n2ccc(NO)nc2=O)C(O)C1O. The summed E-state index contributed by atoms with van der Waals surface area (Å²) in [4.78, 5) is 27.2. The minimum Gasteiger partial charge on any atom is -0.432 e. The van der Waals surface area contributed by atoms with E-state index in [1.165, 1.54) is 12.3 Å². The van der Waals surface area contributed by atoms with Crippen molar-refractivity contribution in [2.75, 3.05) is 5.48 Å². The highest BCUT2D eigenvalue weighted by Gasteiger charge is 2.47. The molecule has 4 atom stereocenters. The molecule has 1 saturated heterocycles. The van der Waals surface area contributed by atoms with Crippen molar-refractivity contribution >= 4 is 11.8 Å². The third-order valence-electron chi connectivity index (χ3n) is 3.25. The number of anilines is 1. The molecule has 10 nitrogen and oxygen atoms in total. The Kier molecular flexibility index (Phi) is 4.71. The molecule has 1 aromatic rings. The molecular weight excluding hydrogens is 310 g/mol. The van der Waals surface area contributed by atoms with E-state index in [2.05, 4.69) is 4.98 Å². The second-order valence-electron chi connectivity index (χ2n) is 6.15. The van der Waals surface area contributed by atoms with Gasteiger partial charge in [-0.1, -0.05) is 0 Å². The van der Waals surface area contributed by atoms with Gasteiger partial charge in [-0.05, 0) is 26.8 Å². The van der Waals surface area contributed by atoms with Gasteiger partial charge in [0.15, 0.2) is 12.0 Å². The smallest absolute Gasteiger partial charge is 0.351 e. The molecule has 2 rings (SSSR count). The van der Waals surface area contributed by atoms with Crippen LogP contribution in [0.4, 0.5) is 5.82 Å². The van der Waals surface area contributed by atoms with Gasteiger partial charge in [0, 0.05) is 6.20 Å². The summed E-state index contributed by atoms with van der Waals surface area (Å²) in [5.41, 5.74) is 0.0596. The molecule has 0 amide bonds. The predicted octanol–water partition coefficient (Wildman–Crippen LogP) is -0.790.